The van der Waals surface area contributed by atoms with Crippen LogP contribution in [0.15, 0.2) is 40.6 Å². The zero-order chi connectivity index (χ0) is 17.0. The number of esters is 1. The van der Waals surface area contributed by atoms with Gasteiger partial charge in [-0.25, -0.2) is 22.7 Å². The second kappa shape index (κ2) is 6.99. The molecule has 0 aliphatic heterocycles. The second-order valence-corrected chi connectivity index (χ2v) is 7.81. The predicted molar refractivity (Wildman–Crippen MR) is 86.5 cm³/mol. The standard InChI is InChI=1S/C13H11ClN2O5S2/c1-21-12(17)8-2-4-9(5-3-8)15-13(18)16-23(19,20)11-7-6-10(14)22-11/h2-7H,1H3,(H2,15,16,18). The van der Waals surface area contributed by atoms with Crippen molar-refractivity contribution in [3.63, 3.8) is 0 Å². The third-order valence-corrected chi connectivity index (χ3v) is 5.66. The second-order valence-electron chi connectivity index (χ2n) is 4.19. The third kappa shape index (κ3) is 4.44. The minimum Gasteiger partial charge on any atom is -0.465 e. The molecule has 0 saturated carbocycles. The Labute approximate surface area is 141 Å². The summed E-state index contributed by atoms with van der Waals surface area (Å²) < 4.78 is 30.5. The first-order valence-corrected chi connectivity index (χ1v) is 8.77. The molecule has 0 unspecified atom stereocenters. The molecule has 0 fully saturated rings. The zero-order valence-corrected chi connectivity index (χ0v) is 14.1. The normalized spacial score (nSPS) is 10.9. The van der Waals surface area contributed by atoms with Crippen LogP contribution < -0.4 is 10.0 Å². The highest BCUT2D eigenvalue weighted by atomic mass is 35.5. The molecule has 10 heteroatoms. The number of rotatable bonds is 4. The number of benzene rings is 1. The van der Waals surface area contributed by atoms with E-state index < -0.39 is 22.0 Å². The molecule has 1 aromatic carbocycles. The molecule has 7 nitrogen and oxygen atoms in total. The molecule has 0 bridgehead atoms. The van der Waals surface area contributed by atoms with Crippen LogP contribution in [0.5, 0.6) is 0 Å². The Morgan fingerprint density at radius 2 is 1.78 bits per heavy atom. The highest BCUT2D eigenvalue weighted by Gasteiger charge is 2.19. The number of carbonyl (C=O) groups excluding carboxylic acids is 2. The van der Waals surface area contributed by atoms with Gasteiger partial charge in [0.15, 0.2) is 0 Å². The number of thiophene rings is 1. The van der Waals surface area contributed by atoms with E-state index in [4.69, 9.17) is 11.6 Å². The monoisotopic (exact) mass is 374 g/mol. The molecular weight excluding hydrogens is 364 g/mol. The summed E-state index contributed by atoms with van der Waals surface area (Å²) in [5, 5.41) is 2.35. The number of sulfonamides is 1. The first kappa shape index (κ1) is 17.3. The predicted octanol–water partition coefficient (Wildman–Crippen LogP) is 2.70. The average Bonchev–Trinajstić information content (AvgIpc) is 2.94. The lowest BCUT2D eigenvalue weighted by Crippen LogP contribution is -2.33. The van der Waals surface area contributed by atoms with Crippen molar-refractivity contribution in [3.05, 3.63) is 46.3 Å². The fourth-order valence-electron chi connectivity index (χ4n) is 1.58. The summed E-state index contributed by atoms with van der Waals surface area (Å²) in [6, 6.07) is 7.56. The van der Waals surface area contributed by atoms with Crippen molar-refractivity contribution >= 4 is 50.6 Å². The van der Waals surface area contributed by atoms with Crippen molar-refractivity contribution in [3.8, 4) is 0 Å². The van der Waals surface area contributed by atoms with E-state index in [1.54, 1.807) is 0 Å². The molecule has 0 saturated heterocycles. The Hall–Kier alpha value is -2.10. The lowest BCUT2D eigenvalue weighted by molar-refractivity contribution is 0.0600. The lowest BCUT2D eigenvalue weighted by Gasteiger charge is -2.08. The van der Waals surface area contributed by atoms with Gasteiger partial charge in [0.05, 0.1) is 17.0 Å². The van der Waals surface area contributed by atoms with Gasteiger partial charge >= 0.3 is 12.0 Å². The SMILES string of the molecule is COC(=O)c1ccc(NC(=O)NS(=O)(=O)c2ccc(Cl)s2)cc1. The van der Waals surface area contributed by atoms with Gasteiger partial charge in [0.1, 0.15) is 4.21 Å². The van der Waals surface area contributed by atoms with Gasteiger partial charge in [-0.15, -0.1) is 11.3 Å². The van der Waals surface area contributed by atoms with Crippen molar-refractivity contribution < 1.29 is 22.7 Å². The van der Waals surface area contributed by atoms with Gasteiger partial charge in [-0.2, -0.15) is 0 Å². The van der Waals surface area contributed by atoms with Gasteiger partial charge in [0.25, 0.3) is 10.0 Å². The molecule has 1 heterocycles. The molecule has 23 heavy (non-hydrogen) atoms. The number of hydrogen-bond donors (Lipinski definition) is 2. The summed E-state index contributed by atoms with van der Waals surface area (Å²) in [5.74, 6) is -0.516. The number of halogens is 1. The first-order valence-electron chi connectivity index (χ1n) is 6.09. The quantitative estimate of drug-likeness (QED) is 0.801. The van der Waals surface area contributed by atoms with E-state index in [0.717, 1.165) is 11.3 Å². The van der Waals surface area contributed by atoms with Gasteiger partial charge in [0.2, 0.25) is 0 Å². The molecule has 2 N–H and O–H groups in total. The van der Waals surface area contributed by atoms with E-state index in [9.17, 15) is 18.0 Å². The molecule has 2 rings (SSSR count). The number of ether oxygens (including phenoxy) is 1. The number of urea groups is 1. The minimum atomic E-state index is -3.99. The molecule has 2 amide bonds. The van der Waals surface area contributed by atoms with Crippen molar-refractivity contribution in [2.75, 3.05) is 12.4 Å². The fourth-order valence-corrected chi connectivity index (χ4v) is 3.97. The Morgan fingerprint density at radius 3 is 2.30 bits per heavy atom. The first-order chi connectivity index (χ1) is 10.8. The van der Waals surface area contributed by atoms with Crippen molar-refractivity contribution in [1.29, 1.82) is 0 Å². The Balaban J connectivity index is 2.03. The van der Waals surface area contributed by atoms with Gasteiger partial charge in [-0.3, -0.25) is 0 Å². The summed E-state index contributed by atoms with van der Waals surface area (Å²) in [6.45, 7) is 0. The van der Waals surface area contributed by atoms with Crippen molar-refractivity contribution in [2.24, 2.45) is 0 Å². The maximum absolute atomic E-state index is 11.9. The molecule has 2 aromatic rings. The van der Waals surface area contributed by atoms with Crippen LogP contribution in [0.25, 0.3) is 0 Å². The van der Waals surface area contributed by atoms with Crippen LogP contribution in [0.3, 0.4) is 0 Å². The van der Waals surface area contributed by atoms with E-state index >= 15 is 0 Å². The topological polar surface area (TPSA) is 102 Å². The van der Waals surface area contributed by atoms with Crippen LogP contribution in [-0.2, 0) is 14.8 Å². The molecule has 0 radical (unpaired) electrons. The van der Waals surface area contributed by atoms with Gasteiger partial charge < -0.3 is 10.1 Å². The molecule has 0 atom stereocenters. The number of amides is 2. The van der Waals surface area contributed by atoms with E-state index in [-0.39, 0.29) is 4.21 Å². The van der Waals surface area contributed by atoms with Crippen molar-refractivity contribution in [1.82, 2.24) is 4.72 Å². The number of carbonyl (C=O) groups is 2. The summed E-state index contributed by atoms with van der Waals surface area (Å²) in [6.07, 6.45) is 0. The number of anilines is 1. The lowest BCUT2D eigenvalue weighted by atomic mass is 10.2. The smallest absolute Gasteiger partial charge is 0.337 e. The summed E-state index contributed by atoms with van der Waals surface area (Å²) in [7, 11) is -2.73. The van der Waals surface area contributed by atoms with E-state index in [1.165, 1.54) is 43.5 Å². The highest BCUT2D eigenvalue weighted by Crippen LogP contribution is 2.25. The fraction of sp³-hybridized carbons (Fsp3) is 0.0769. The van der Waals surface area contributed by atoms with Crippen LogP contribution in [0.1, 0.15) is 10.4 Å². The van der Waals surface area contributed by atoms with Crippen LogP contribution in [0.2, 0.25) is 4.34 Å². The minimum absolute atomic E-state index is 0.0707. The number of hydrogen-bond acceptors (Lipinski definition) is 6. The third-order valence-electron chi connectivity index (χ3n) is 2.60. The van der Waals surface area contributed by atoms with Gasteiger partial charge in [0, 0.05) is 5.69 Å². The largest absolute Gasteiger partial charge is 0.465 e. The number of nitrogens with one attached hydrogen (secondary N) is 2. The molecule has 122 valence electrons. The molecule has 0 spiro atoms. The Kier molecular flexibility index (Phi) is 5.24. The maximum atomic E-state index is 11.9. The zero-order valence-electron chi connectivity index (χ0n) is 11.7. The van der Waals surface area contributed by atoms with Crippen molar-refractivity contribution in [2.45, 2.75) is 4.21 Å². The summed E-state index contributed by atoms with van der Waals surface area (Å²) in [4.78, 5) is 23.0. The molecule has 0 aliphatic carbocycles. The molecule has 1 aromatic heterocycles. The summed E-state index contributed by atoms with van der Waals surface area (Å²) >= 11 is 6.51. The Bertz CT molecular complexity index is 830. The average molecular weight is 375 g/mol. The Morgan fingerprint density at radius 1 is 1.13 bits per heavy atom. The van der Waals surface area contributed by atoms with Crippen LogP contribution in [0, 0.1) is 0 Å². The van der Waals surface area contributed by atoms with Crippen LogP contribution in [0.4, 0.5) is 10.5 Å². The highest BCUT2D eigenvalue weighted by molar-refractivity contribution is 7.92. The van der Waals surface area contributed by atoms with Gasteiger partial charge in [-0.1, -0.05) is 11.6 Å². The number of methoxy groups -OCH3 is 1. The van der Waals surface area contributed by atoms with Gasteiger partial charge in [-0.05, 0) is 36.4 Å². The van der Waals surface area contributed by atoms with Crippen LogP contribution in [-0.4, -0.2) is 27.5 Å². The van der Waals surface area contributed by atoms with E-state index in [0.29, 0.717) is 15.6 Å². The molecular formula is C13H11ClN2O5S2. The van der Waals surface area contributed by atoms with E-state index in [2.05, 4.69) is 10.1 Å². The molecule has 0 aliphatic rings. The maximum Gasteiger partial charge on any atom is 0.337 e. The van der Waals surface area contributed by atoms with Crippen LogP contribution >= 0.6 is 22.9 Å². The summed E-state index contributed by atoms with van der Waals surface area (Å²) in [5.41, 5.74) is 0.619. The van der Waals surface area contributed by atoms with E-state index in [1.807, 2.05) is 4.72 Å².